The fourth-order valence-corrected chi connectivity index (χ4v) is 1.91. The lowest BCUT2D eigenvalue weighted by atomic mass is 10.1. The zero-order chi connectivity index (χ0) is 13.5. The monoisotopic (exact) mass is 269 g/mol. The third kappa shape index (κ3) is 4.41. The summed E-state index contributed by atoms with van der Waals surface area (Å²) in [6, 6.07) is 4.70. The summed E-state index contributed by atoms with van der Waals surface area (Å²) in [5, 5.41) is 8.49. The van der Waals surface area contributed by atoms with E-state index in [1.165, 1.54) is 12.1 Å². The normalized spacial score (nSPS) is 10.8. The third-order valence-corrected chi connectivity index (χ3v) is 3.02. The summed E-state index contributed by atoms with van der Waals surface area (Å²) in [6.07, 6.45) is 4.37. The molecule has 0 aliphatic rings. The molecule has 1 rings (SSSR count). The fraction of sp³-hybridized carbons (Fsp3) is 0.308. The Labute approximate surface area is 110 Å². The van der Waals surface area contributed by atoms with Gasteiger partial charge in [-0.3, -0.25) is 0 Å². The van der Waals surface area contributed by atoms with E-state index in [0.717, 1.165) is 18.4 Å². The van der Waals surface area contributed by atoms with E-state index in [0.29, 0.717) is 11.3 Å². The molecule has 0 fully saturated rings. The van der Waals surface area contributed by atoms with E-state index in [9.17, 15) is 9.18 Å². The predicted molar refractivity (Wildman–Crippen MR) is 74.7 cm³/mol. The molecule has 0 saturated heterocycles. The van der Waals surface area contributed by atoms with Crippen molar-refractivity contribution in [3.8, 4) is 0 Å². The van der Waals surface area contributed by atoms with Gasteiger partial charge < -0.3 is 10.0 Å². The molecule has 0 unspecified atom stereocenters. The van der Waals surface area contributed by atoms with Crippen molar-refractivity contribution in [3.63, 3.8) is 0 Å². The highest BCUT2D eigenvalue weighted by Gasteiger charge is 2.07. The van der Waals surface area contributed by atoms with Crippen LogP contribution in [0.3, 0.4) is 0 Å². The average molecular weight is 269 g/mol. The Morgan fingerprint density at radius 3 is 2.83 bits per heavy atom. The van der Waals surface area contributed by atoms with Crippen LogP contribution in [0, 0.1) is 5.82 Å². The first kappa shape index (κ1) is 14.6. The molecule has 18 heavy (non-hydrogen) atoms. The molecular formula is C13H16FNO2S. The van der Waals surface area contributed by atoms with Gasteiger partial charge in [-0.05, 0) is 30.0 Å². The number of anilines is 1. The Kier molecular flexibility index (Phi) is 5.71. The Balaban J connectivity index is 2.82. The molecule has 98 valence electrons. The summed E-state index contributed by atoms with van der Waals surface area (Å²) in [7, 11) is 1.83. The van der Waals surface area contributed by atoms with Gasteiger partial charge in [0, 0.05) is 25.4 Å². The number of hydrogen-bond donors (Lipinski definition) is 1. The standard InChI is InChI=1S/C13H16FNO2S/c1-15(7-8-18-2)12-5-3-10(9-11(12)14)4-6-13(16)17/h3-6,9H,7-8H2,1-2H3,(H,16,17)/b6-4+. The summed E-state index contributed by atoms with van der Waals surface area (Å²) in [5.41, 5.74) is 1.06. The van der Waals surface area contributed by atoms with Crippen molar-refractivity contribution in [2.45, 2.75) is 0 Å². The van der Waals surface area contributed by atoms with Gasteiger partial charge in [0.15, 0.2) is 0 Å². The van der Waals surface area contributed by atoms with Crippen LogP contribution in [0.2, 0.25) is 0 Å². The Hall–Kier alpha value is -1.49. The van der Waals surface area contributed by atoms with Gasteiger partial charge in [0.2, 0.25) is 0 Å². The number of halogens is 1. The maximum absolute atomic E-state index is 13.8. The highest BCUT2D eigenvalue weighted by Crippen LogP contribution is 2.20. The quantitative estimate of drug-likeness (QED) is 0.806. The zero-order valence-electron chi connectivity index (χ0n) is 10.4. The number of carboxylic acid groups (broad SMARTS) is 1. The van der Waals surface area contributed by atoms with Crippen LogP contribution in [-0.2, 0) is 4.79 Å². The lowest BCUT2D eigenvalue weighted by Gasteiger charge is -2.19. The number of aliphatic carboxylic acids is 1. The van der Waals surface area contributed by atoms with Gasteiger partial charge in [-0.1, -0.05) is 6.07 Å². The smallest absolute Gasteiger partial charge is 0.328 e. The van der Waals surface area contributed by atoms with Crippen LogP contribution in [0.4, 0.5) is 10.1 Å². The lowest BCUT2D eigenvalue weighted by Crippen LogP contribution is -2.21. The largest absolute Gasteiger partial charge is 0.478 e. The van der Waals surface area contributed by atoms with E-state index in [2.05, 4.69) is 0 Å². The van der Waals surface area contributed by atoms with Crippen molar-refractivity contribution in [2.75, 3.05) is 30.5 Å². The first-order valence-corrected chi connectivity index (χ1v) is 6.84. The number of nitrogens with zero attached hydrogens (tertiary/aromatic N) is 1. The second kappa shape index (κ2) is 7.06. The predicted octanol–water partition coefficient (Wildman–Crippen LogP) is 2.72. The minimum Gasteiger partial charge on any atom is -0.478 e. The van der Waals surface area contributed by atoms with E-state index >= 15 is 0 Å². The van der Waals surface area contributed by atoms with Crippen molar-refractivity contribution in [1.82, 2.24) is 0 Å². The molecule has 0 heterocycles. The SMILES string of the molecule is CSCCN(C)c1ccc(/C=C/C(=O)O)cc1F. The Morgan fingerprint density at radius 2 is 2.28 bits per heavy atom. The van der Waals surface area contributed by atoms with Crippen LogP contribution >= 0.6 is 11.8 Å². The zero-order valence-corrected chi connectivity index (χ0v) is 11.2. The molecule has 0 amide bonds. The van der Waals surface area contributed by atoms with Crippen molar-refractivity contribution in [2.24, 2.45) is 0 Å². The highest BCUT2D eigenvalue weighted by atomic mass is 32.2. The van der Waals surface area contributed by atoms with Crippen LogP contribution in [0.15, 0.2) is 24.3 Å². The van der Waals surface area contributed by atoms with Crippen molar-refractivity contribution in [1.29, 1.82) is 0 Å². The van der Waals surface area contributed by atoms with Crippen LogP contribution in [0.25, 0.3) is 6.08 Å². The fourth-order valence-electron chi connectivity index (χ4n) is 1.45. The molecule has 0 bridgehead atoms. The summed E-state index contributed by atoms with van der Waals surface area (Å²) in [4.78, 5) is 12.2. The minimum atomic E-state index is -1.04. The van der Waals surface area contributed by atoms with Gasteiger partial charge in [0.1, 0.15) is 5.82 Å². The number of carbonyl (C=O) groups is 1. The summed E-state index contributed by atoms with van der Waals surface area (Å²) in [5.74, 6) is -0.459. The van der Waals surface area contributed by atoms with E-state index < -0.39 is 5.97 Å². The van der Waals surface area contributed by atoms with Gasteiger partial charge >= 0.3 is 5.97 Å². The highest BCUT2D eigenvalue weighted by molar-refractivity contribution is 7.98. The van der Waals surface area contributed by atoms with Gasteiger partial charge in [-0.15, -0.1) is 0 Å². The van der Waals surface area contributed by atoms with Crippen LogP contribution in [0.5, 0.6) is 0 Å². The molecule has 1 aromatic rings. The number of rotatable bonds is 6. The Bertz CT molecular complexity index is 449. The lowest BCUT2D eigenvalue weighted by molar-refractivity contribution is -0.131. The number of hydrogen-bond acceptors (Lipinski definition) is 3. The topological polar surface area (TPSA) is 40.5 Å². The molecular weight excluding hydrogens is 253 g/mol. The van der Waals surface area contributed by atoms with Crippen LogP contribution < -0.4 is 4.90 Å². The summed E-state index contributed by atoms with van der Waals surface area (Å²) >= 11 is 1.70. The van der Waals surface area contributed by atoms with E-state index in [-0.39, 0.29) is 5.82 Å². The number of carboxylic acids is 1. The van der Waals surface area contributed by atoms with E-state index in [1.54, 1.807) is 23.9 Å². The van der Waals surface area contributed by atoms with Crippen LogP contribution in [0.1, 0.15) is 5.56 Å². The molecule has 0 aliphatic carbocycles. The molecule has 0 aliphatic heterocycles. The molecule has 0 spiro atoms. The molecule has 0 saturated carbocycles. The first-order chi connectivity index (χ1) is 8.54. The van der Waals surface area contributed by atoms with Gasteiger partial charge in [0.05, 0.1) is 5.69 Å². The molecule has 0 aromatic heterocycles. The molecule has 1 aromatic carbocycles. The second-order valence-electron chi connectivity index (χ2n) is 3.80. The molecule has 3 nitrogen and oxygen atoms in total. The van der Waals surface area contributed by atoms with E-state index in [1.807, 2.05) is 18.2 Å². The molecule has 0 radical (unpaired) electrons. The molecule has 5 heteroatoms. The van der Waals surface area contributed by atoms with Gasteiger partial charge in [0.25, 0.3) is 0 Å². The average Bonchev–Trinajstić information content (AvgIpc) is 2.33. The minimum absolute atomic E-state index is 0.342. The maximum Gasteiger partial charge on any atom is 0.328 e. The van der Waals surface area contributed by atoms with Crippen molar-refractivity contribution >= 4 is 29.5 Å². The molecule has 1 N–H and O–H groups in total. The third-order valence-electron chi connectivity index (χ3n) is 2.43. The number of thioether (sulfide) groups is 1. The first-order valence-electron chi connectivity index (χ1n) is 5.45. The summed E-state index contributed by atoms with van der Waals surface area (Å²) in [6.45, 7) is 0.766. The van der Waals surface area contributed by atoms with Crippen molar-refractivity contribution in [3.05, 3.63) is 35.7 Å². The van der Waals surface area contributed by atoms with Gasteiger partial charge in [-0.2, -0.15) is 11.8 Å². The van der Waals surface area contributed by atoms with Crippen molar-refractivity contribution < 1.29 is 14.3 Å². The Morgan fingerprint density at radius 1 is 1.56 bits per heavy atom. The maximum atomic E-state index is 13.8. The second-order valence-corrected chi connectivity index (χ2v) is 4.78. The summed E-state index contributed by atoms with van der Waals surface area (Å²) < 4.78 is 13.8. The van der Waals surface area contributed by atoms with E-state index in [4.69, 9.17) is 5.11 Å². The molecule has 0 atom stereocenters. The van der Waals surface area contributed by atoms with Gasteiger partial charge in [-0.25, -0.2) is 9.18 Å². The number of benzene rings is 1. The van der Waals surface area contributed by atoms with Crippen LogP contribution in [-0.4, -0.2) is 36.7 Å².